The molecule has 16 rings (SSSR count). The van der Waals surface area contributed by atoms with E-state index in [-0.39, 0.29) is 0 Å². The van der Waals surface area contributed by atoms with Crippen LogP contribution < -0.4 is 0 Å². The summed E-state index contributed by atoms with van der Waals surface area (Å²) in [5.41, 5.74) is 16.0. The fraction of sp³-hybridized carbons (Fsp3) is 0. The summed E-state index contributed by atoms with van der Waals surface area (Å²) in [5, 5.41) is 19.0. The second kappa shape index (κ2) is 12.6. The molecule has 0 saturated heterocycles. The van der Waals surface area contributed by atoms with E-state index in [0.29, 0.717) is 0 Å². The van der Waals surface area contributed by atoms with E-state index in [1.807, 2.05) is 0 Å². The molecule has 12 aromatic carbocycles. The van der Waals surface area contributed by atoms with Crippen molar-refractivity contribution in [1.29, 1.82) is 0 Å². The zero-order chi connectivity index (χ0) is 41.4. The number of fused-ring (bicyclic) bond motifs is 17. The van der Waals surface area contributed by atoms with E-state index in [0.717, 1.165) is 0 Å². The van der Waals surface area contributed by atoms with Gasteiger partial charge in [0.25, 0.3) is 0 Å². The van der Waals surface area contributed by atoms with Gasteiger partial charge in [-0.25, -0.2) is 0 Å². The Balaban J connectivity index is 1.07. The molecular formula is C62H32Te2. The second-order valence-corrected chi connectivity index (χ2v) is 24.1. The zero-order valence-electron chi connectivity index (χ0n) is 34.3. The molecule has 14 aromatic rings. The van der Waals surface area contributed by atoms with Crippen molar-refractivity contribution in [2.24, 2.45) is 0 Å². The first-order valence-electron chi connectivity index (χ1n) is 22.1. The minimum atomic E-state index is -0.487. The first-order chi connectivity index (χ1) is 31.7. The van der Waals surface area contributed by atoms with Crippen molar-refractivity contribution in [3.8, 4) is 66.8 Å². The average molecular weight is 1030 g/mol. The van der Waals surface area contributed by atoms with Gasteiger partial charge in [-0.15, -0.1) is 0 Å². The molecule has 2 heteroatoms. The van der Waals surface area contributed by atoms with Crippen LogP contribution in [0.1, 0.15) is 0 Å². The maximum atomic E-state index is 2.57. The number of hydrogen-bond acceptors (Lipinski definition) is 0. The van der Waals surface area contributed by atoms with Gasteiger partial charge in [0.1, 0.15) is 0 Å². The van der Waals surface area contributed by atoms with Crippen LogP contribution in [0.25, 0.3) is 156 Å². The van der Waals surface area contributed by atoms with Crippen LogP contribution in [0.2, 0.25) is 0 Å². The van der Waals surface area contributed by atoms with E-state index in [9.17, 15) is 0 Å². The Hall–Kier alpha value is -6.48. The van der Waals surface area contributed by atoms with E-state index in [4.69, 9.17) is 0 Å². The molecule has 2 aliphatic carbocycles. The molecule has 0 spiro atoms. The molecule has 2 heterocycles. The molecule has 64 heavy (non-hydrogen) atoms. The molecule has 292 valence electrons. The van der Waals surface area contributed by atoms with Gasteiger partial charge in [-0.3, -0.25) is 0 Å². The topological polar surface area (TPSA) is 0 Å². The van der Waals surface area contributed by atoms with Gasteiger partial charge in [-0.2, -0.15) is 0 Å². The third kappa shape index (κ3) is 4.59. The van der Waals surface area contributed by atoms with E-state index in [1.54, 1.807) is 13.6 Å². The Morgan fingerprint density at radius 2 is 0.547 bits per heavy atom. The van der Waals surface area contributed by atoms with Crippen molar-refractivity contribution < 1.29 is 0 Å². The molecule has 0 radical (unpaired) electrons. The Morgan fingerprint density at radius 3 is 0.969 bits per heavy atom. The van der Waals surface area contributed by atoms with Gasteiger partial charge in [-0.1, -0.05) is 0 Å². The van der Waals surface area contributed by atoms with Crippen LogP contribution in [0.5, 0.6) is 0 Å². The van der Waals surface area contributed by atoms with Crippen LogP contribution in [0.4, 0.5) is 0 Å². The summed E-state index contributed by atoms with van der Waals surface area (Å²) in [4.78, 5) is 0. The third-order valence-electron chi connectivity index (χ3n) is 14.7. The molecule has 0 nitrogen and oxygen atoms in total. The van der Waals surface area contributed by atoms with E-state index >= 15 is 0 Å². The Labute approximate surface area is 387 Å². The zero-order valence-corrected chi connectivity index (χ0v) is 39.0. The predicted molar refractivity (Wildman–Crippen MR) is 278 cm³/mol. The van der Waals surface area contributed by atoms with Gasteiger partial charge in [0.2, 0.25) is 0 Å². The van der Waals surface area contributed by atoms with E-state index < -0.39 is 40.9 Å². The van der Waals surface area contributed by atoms with Crippen LogP contribution in [0.15, 0.2) is 194 Å². The van der Waals surface area contributed by atoms with Crippen molar-refractivity contribution in [1.82, 2.24) is 0 Å². The molecule has 0 saturated carbocycles. The Kier molecular flexibility index (Phi) is 6.89. The SMILES string of the molecule is c1cc2c3c(cccc3c1)-c1cc3c(cc1-2)c(-c1ccc2c(c1)[te]c1ccccc12)cc1c2cc4c(cc2c(-c2ccc5c(c2)[te]c2ccccc25)cc31)-c1cccc2cccc-4c12. The van der Waals surface area contributed by atoms with Crippen molar-refractivity contribution in [3.05, 3.63) is 194 Å². The van der Waals surface area contributed by atoms with Crippen molar-refractivity contribution >= 4 is 130 Å². The first-order valence-corrected chi connectivity index (χ1v) is 26.8. The molecule has 2 aliphatic rings. The quantitative estimate of drug-likeness (QED) is 0.120. The number of hydrogen-bond donors (Lipinski definition) is 0. The fourth-order valence-electron chi connectivity index (χ4n) is 11.9. The summed E-state index contributed by atoms with van der Waals surface area (Å²) in [6.07, 6.45) is 0. The van der Waals surface area contributed by atoms with Gasteiger partial charge in [0.15, 0.2) is 0 Å². The van der Waals surface area contributed by atoms with E-state index in [2.05, 4.69) is 194 Å². The van der Waals surface area contributed by atoms with Crippen molar-refractivity contribution in [2.45, 2.75) is 0 Å². The normalized spacial score (nSPS) is 12.7. The molecule has 0 N–H and O–H groups in total. The first kappa shape index (κ1) is 34.9. The van der Waals surface area contributed by atoms with Gasteiger partial charge >= 0.3 is 391 Å². The van der Waals surface area contributed by atoms with E-state index in [1.165, 1.54) is 142 Å². The van der Waals surface area contributed by atoms with Crippen LogP contribution in [-0.4, -0.2) is 40.9 Å². The Morgan fingerprint density at radius 1 is 0.203 bits per heavy atom. The molecule has 0 bridgehead atoms. The molecule has 0 aliphatic heterocycles. The molecule has 0 atom stereocenters. The standard InChI is InChI=1S/C62H32Te2/c1-3-19-57-37(13-1)39-23-21-35(25-59(39)63-57)45-27-53-54(55-31-49-43-17-7-11-33-9-5-15-41(61(33)43)47(49)29-51(45)55)28-46(36-22-24-40-38-14-2-4-20-58(38)64-60(40)26-36)52-30-48-42-16-6-10-34-12-8-18-44(62(34)42)50(48)32-56(52)53/h1-32H. The summed E-state index contributed by atoms with van der Waals surface area (Å²) >= 11 is -0.974. The number of rotatable bonds is 2. The van der Waals surface area contributed by atoms with Gasteiger partial charge in [0.05, 0.1) is 0 Å². The van der Waals surface area contributed by atoms with Gasteiger partial charge in [-0.05, 0) is 0 Å². The average Bonchev–Trinajstić information content (AvgIpc) is 4.09. The molecule has 0 fully saturated rings. The predicted octanol–water partition coefficient (Wildman–Crippen LogP) is 16.8. The van der Waals surface area contributed by atoms with Crippen LogP contribution in [-0.2, 0) is 0 Å². The summed E-state index contributed by atoms with van der Waals surface area (Å²) in [7, 11) is 0. The maximum absolute atomic E-state index is 2.57. The van der Waals surface area contributed by atoms with Crippen LogP contribution >= 0.6 is 0 Å². The van der Waals surface area contributed by atoms with Gasteiger partial charge < -0.3 is 0 Å². The summed E-state index contributed by atoms with van der Waals surface area (Å²) < 4.78 is 6.19. The third-order valence-corrected chi connectivity index (χ3v) is 21.2. The summed E-state index contributed by atoms with van der Waals surface area (Å²) in [6, 6.07) is 75.7. The molecule has 0 unspecified atom stereocenters. The van der Waals surface area contributed by atoms with Crippen LogP contribution in [0, 0.1) is 0 Å². The number of benzene rings is 12. The molecular weight excluding hydrogens is 1000 g/mol. The minimum absolute atomic E-state index is 0.487. The van der Waals surface area contributed by atoms with Crippen LogP contribution in [0.3, 0.4) is 0 Å². The molecule has 0 amide bonds. The Bertz CT molecular complexity index is 4180. The summed E-state index contributed by atoms with van der Waals surface area (Å²) in [5.74, 6) is 0. The fourth-order valence-corrected chi connectivity index (χ4v) is 18.4. The second-order valence-electron chi connectivity index (χ2n) is 17.9. The van der Waals surface area contributed by atoms with Gasteiger partial charge in [0, 0.05) is 0 Å². The summed E-state index contributed by atoms with van der Waals surface area (Å²) in [6.45, 7) is 0. The van der Waals surface area contributed by atoms with Crippen molar-refractivity contribution in [2.75, 3.05) is 0 Å². The monoisotopic (exact) mass is 1040 g/mol. The van der Waals surface area contributed by atoms with Crippen molar-refractivity contribution in [3.63, 3.8) is 0 Å². The molecule has 2 aromatic heterocycles.